The molecule has 0 saturated carbocycles. The highest BCUT2D eigenvalue weighted by Gasteiger charge is 2.35. The van der Waals surface area contributed by atoms with Crippen LogP contribution in [0.15, 0.2) is 48.5 Å². The fourth-order valence-corrected chi connectivity index (χ4v) is 5.74. The Morgan fingerprint density at radius 2 is 1.58 bits per heavy atom. The molecule has 15 heteroatoms. The lowest BCUT2D eigenvalue weighted by molar-refractivity contribution is -0.137. The average molecular weight is 552 g/mol. The fourth-order valence-electron chi connectivity index (χ4n) is 3.59. The lowest BCUT2D eigenvalue weighted by atomic mass is 10.2. The zero-order chi connectivity index (χ0) is 26.7. The topological polar surface area (TPSA) is 133 Å². The first-order chi connectivity index (χ1) is 16.7. The summed E-state index contributed by atoms with van der Waals surface area (Å²) in [5, 5.41) is 9.17. The summed E-state index contributed by atoms with van der Waals surface area (Å²) in [7, 11) is -7.20. The van der Waals surface area contributed by atoms with Gasteiger partial charge in [-0.15, -0.1) is 0 Å². The van der Waals surface area contributed by atoms with E-state index in [0.29, 0.717) is 0 Å². The number of hydrogen-bond acceptors (Lipinski definition) is 8. The van der Waals surface area contributed by atoms with Crippen molar-refractivity contribution in [3.63, 3.8) is 0 Å². The molecular formula is C21H24F3N3O7S2. The molecule has 1 fully saturated rings. The van der Waals surface area contributed by atoms with Crippen LogP contribution in [-0.4, -0.2) is 76.3 Å². The minimum absolute atomic E-state index is 0.0159. The number of amides is 1. The van der Waals surface area contributed by atoms with Crippen molar-refractivity contribution in [1.82, 2.24) is 10.4 Å². The zero-order valence-corrected chi connectivity index (χ0v) is 20.6. The Kier molecular flexibility index (Phi) is 8.17. The Morgan fingerprint density at radius 1 is 1.08 bits per heavy atom. The van der Waals surface area contributed by atoms with E-state index in [-0.39, 0.29) is 41.8 Å². The lowest BCUT2D eigenvalue weighted by Crippen LogP contribution is -2.57. The number of nitrogens with zero attached hydrogens (tertiary/aromatic N) is 2. The van der Waals surface area contributed by atoms with Gasteiger partial charge >= 0.3 is 6.18 Å². The third-order valence-electron chi connectivity index (χ3n) is 5.51. The normalized spacial score (nSPS) is 17.2. The smallest absolute Gasteiger partial charge is 0.416 e. The van der Waals surface area contributed by atoms with Crippen LogP contribution >= 0.6 is 0 Å². The summed E-state index contributed by atoms with van der Waals surface area (Å²) in [6.07, 6.45) is -3.56. The number of carbonyl (C=O) groups is 1. The van der Waals surface area contributed by atoms with Gasteiger partial charge in [0.1, 0.15) is 17.5 Å². The van der Waals surface area contributed by atoms with E-state index >= 15 is 0 Å². The van der Waals surface area contributed by atoms with Gasteiger partial charge in [0.15, 0.2) is 9.84 Å². The molecule has 0 radical (unpaired) electrons. The van der Waals surface area contributed by atoms with Crippen LogP contribution in [0.2, 0.25) is 0 Å². The summed E-state index contributed by atoms with van der Waals surface area (Å²) >= 11 is 0. The largest absolute Gasteiger partial charge is 0.457 e. The average Bonchev–Trinajstić information content (AvgIpc) is 2.79. The summed E-state index contributed by atoms with van der Waals surface area (Å²) in [4.78, 5) is 13.8. The molecule has 3 rings (SSSR count). The molecule has 0 spiro atoms. The van der Waals surface area contributed by atoms with Gasteiger partial charge in [0.05, 0.1) is 35.6 Å². The van der Waals surface area contributed by atoms with Gasteiger partial charge in [-0.3, -0.25) is 19.2 Å². The molecule has 10 nitrogen and oxygen atoms in total. The maximum absolute atomic E-state index is 12.7. The molecular weight excluding hydrogens is 527 g/mol. The van der Waals surface area contributed by atoms with Gasteiger partial charge in [0.2, 0.25) is 10.0 Å². The quantitative estimate of drug-likeness (QED) is 0.375. The van der Waals surface area contributed by atoms with Gasteiger partial charge in [-0.2, -0.15) is 13.2 Å². The van der Waals surface area contributed by atoms with E-state index in [0.717, 1.165) is 34.8 Å². The van der Waals surface area contributed by atoms with Crippen LogP contribution in [0.3, 0.4) is 0 Å². The number of sulfonamides is 1. The van der Waals surface area contributed by atoms with Crippen LogP contribution in [0, 0.1) is 0 Å². The van der Waals surface area contributed by atoms with Crippen LogP contribution in [0.25, 0.3) is 0 Å². The van der Waals surface area contributed by atoms with Crippen molar-refractivity contribution in [2.24, 2.45) is 0 Å². The molecule has 0 aliphatic carbocycles. The first-order valence-corrected chi connectivity index (χ1v) is 14.2. The first-order valence-electron chi connectivity index (χ1n) is 10.5. The number of carbonyl (C=O) groups excluding carboxylic acids is 1. The SMILES string of the molecule is CS(=O)(=O)N(C[C@@H](C(=O)NO)N1CCS(=O)(=O)CC1)c1ccc(Oc2ccc(C(F)(F)F)cc2)cc1. The van der Waals surface area contributed by atoms with Crippen LogP contribution in [0.5, 0.6) is 11.5 Å². The van der Waals surface area contributed by atoms with E-state index in [1.54, 1.807) is 0 Å². The van der Waals surface area contributed by atoms with E-state index in [9.17, 15) is 40.0 Å². The van der Waals surface area contributed by atoms with E-state index in [2.05, 4.69) is 0 Å². The van der Waals surface area contributed by atoms with Crippen LogP contribution in [0.4, 0.5) is 18.9 Å². The first kappa shape index (κ1) is 27.7. The molecule has 1 aliphatic heterocycles. The summed E-state index contributed by atoms with van der Waals surface area (Å²) in [5.41, 5.74) is 0.818. The van der Waals surface area contributed by atoms with E-state index < -0.39 is 50.1 Å². The van der Waals surface area contributed by atoms with Crippen molar-refractivity contribution >= 4 is 31.5 Å². The molecule has 0 aromatic heterocycles. The standard InChI is InChI=1S/C21H24F3N3O7S2/c1-35(30,31)27(14-19(20(28)25-29)26-10-12-36(32,33)13-11-26)16-4-8-18(9-5-16)34-17-6-2-15(3-7-17)21(22,23)24/h2-9,19,29H,10-14H2,1H3,(H,25,28)/t19-/m0/s1. The van der Waals surface area contributed by atoms with Crippen molar-refractivity contribution in [2.75, 3.05) is 41.7 Å². The van der Waals surface area contributed by atoms with Crippen molar-refractivity contribution in [2.45, 2.75) is 12.2 Å². The predicted octanol–water partition coefficient (Wildman–Crippen LogP) is 1.87. The number of nitrogens with one attached hydrogen (secondary N) is 1. The zero-order valence-electron chi connectivity index (χ0n) is 19.0. The monoisotopic (exact) mass is 551 g/mol. The van der Waals surface area contributed by atoms with Gasteiger partial charge in [0, 0.05) is 13.1 Å². The third-order valence-corrected chi connectivity index (χ3v) is 8.28. The third kappa shape index (κ3) is 7.09. The Bertz CT molecular complexity index is 1270. The van der Waals surface area contributed by atoms with Crippen LogP contribution in [-0.2, 0) is 30.8 Å². The Morgan fingerprint density at radius 3 is 2.03 bits per heavy atom. The van der Waals surface area contributed by atoms with Gasteiger partial charge in [-0.1, -0.05) is 0 Å². The number of halogens is 3. The fraction of sp³-hybridized carbons (Fsp3) is 0.381. The van der Waals surface area contributed by atoms with E-state index in [4.69, 9.17) is 4.74 Å². The van der Waals surface area contributed by atoms with Crippen molar-refractivity contribution < 1.29 is 44.7 Å². The van der Waals surface area contributed by atoms with Gasteiger partial charge in [-0.25, -0.2) is 22.3 Å². The number of sulfone groups is 1. The molecule has 1 heterocycles. The van der Waals surface area contributed by atoms with E-state index in [1.165, 1.54) is 34.6 Å². The number of alkyl halides is 3. The summed E-state index contributed by atoms with van der Waals surface area (Å²) in [6.45, 7) is -0.444. The molecule has 1 amide bonds. The molecule has 2 N–H and O–H groups in total. The summed E-state index contributed by atoms with van der Waals surface area (Å²) in [6, 6.07) is 8.43. The van der Waals surface area contributed by atoms with Gasteiger partial charge < -0.3 is 4.74 Å². The molecule has 0 unspecified atom stereocenters. The number of rotatable bonds is 8. The predicted molar refractivity (Wildman–Crippen MR) is 124 cm³/mol. The van der Waals surface area contributed by atoms with Crippen LogP contribution < -0.4 is 14.5 Å². The van der Waals surface area contributed by atoms with Gasteiger partial charge in [-0.05, 0) is 48.5 Å². The van der Waals surface area contributed by atoms with Crippen molar-refractivity contribution in [3.05, 3.63) is 54.1 Å². The number of ether oxygens (including phenoxy) is 1. The highest BCUT2D eigenvalue weighted by atomic mass is 32.2. The maximum Gasteiger partial charge on any atom is 0.416 e. The molecule has 0 bridgehead atoms. The summed E-state index contributed by atoms with van der Waals surface area (Å²) < 4.78 is 93.2. The number of hydroxylamine groups is 1. The minimum atomic E-state index is -4.48. The Labute approximate surface area is 206 Å². The second kappa shape index (κ2) is 10.6. The highest BCUT2D eigenvalue weighted by molar-refractivity contribution is 7.92. The number of anilines is 1. The molecule has 198 valence electrons. The maximum atomic E-state index is 12.7. The molecule has 36 heavy (non-hydrogen) atoms. The summed E-state index contributed by atoms with van der Waals surface area (Å²) in [5.74, 6) is -0.966. The lowest BCUT2D eigenvalue weighted by Gasteiger charge is -2.35. The second-order valence-electron chi connectivity index (χ2n) is 8.09. The van der Waals surface area contributed by atoms with E-state index in [1.807, 2.05) is 0 Å². The number of benzene rings is 2. The molecule has 1 atom stereocenters. The van der Waals surface area contributed by atoms with Crippen molar-refractivity contribution in [3.8, 4) is 11.5 Å². The van der Waals surface area contributed by atoms with Gasteiger partial charge in [0.25, 0.3) is 5.91 Å². The Hall–Kier alpha value is -2.88. The molecule has 1 saturated heterocycles. The molecule has 1 aliphatic rings. The minimum Gasteiger partial charge on any atom is -0.457 e. The number of hydrogen-bond donors (Lipinski definition) is 2. The second-order valence-corrected chi connectivity index (χ2v) is 12.3. The van der Waals surface area contributed by atoms with Crippen LogP contribution in [0.1, 0.15) is 5.56 Å². The molecule has 2 aromatic carbocycles. The molecule has 2 aromatic rings. The Balaban J connectivity index is 1.79. The van der Waals surface area contributed by atoms with Crippen molar-refractivity contribution in [1.29, 1.82) is 0 Å². The highest BCUT2D eigenvalue weighted by Crippen LogP contribution is 2.32.